The molecule has 0 fully saturated rings. The van der Waals surface area contributed by atoms with E-state index in [1.165, 1.54) is 0 Å². The average molecular weight is 341 g/mol. The van der Waals surface area contributed by atoms with Crippen molar-refractivity contribution >= 4 is 11.7 Å². The molecule has 0 saturated carbocycles. The lowest BCUT2D eigenvalue weighted by atomic mass is 10.0. The van der Waals surface area contributed by atoms with Crippen LogP contribution in [0, 0.1) is 6.92 Å². The van der Waals surface area contributed by atoms with E-state index in [0.29, 0.717) is 23.2 Å². The molecule has 0 atom stereocenters. The molecule has 26 heavy (non-hydrogen) atoms. The van der Waals surface area contributed by atoms with Crippen molar-refractivity contribution in [2.24, 2.45) is 0 Å². The van der Waals surface area contributed by atoms with Gasteiger partial charge in [0.05, 0.1) is 0 Å². The molecule has 0 aliphatic heterocycles. The van der Waals surface area contributed by atoms with Gasteiger partial charge in [0.25, 0.3) is 5.91 Å². The fourth-order valence-corrected chi connectivity index (χ4v) is 3.50. The third-order valence-electron chi connectivity index (χ3n) is 4.99. The molecule has 3 nitrogen and oxygen atoms in total. The monoisotopic (exact) mass is 341 g/mol. The molecule has 0 unspecified atom stereocenters. The Hall–Kier alpha value is -3.20. The topological polar surface area (TPSA) is 37.4 Å². The lowest BCUT2D eigenvalue weighted by molar-refractivity contribution is 0.0785. The number of nitrogens with zero attached hydrogens (tertiary/aromatic N) is 1. The standard InChI is InChI=1S/C23H19NO2/c1-15-7-3-4-8-17(15)14-24(2)23(26)16-11-12-19-18-9-5-6-10-20(18)22(25)21(19)13-16/h3-13H,14H2,1-2H3. The van der Waals surface area contributed by atoms with Gasteiger partial charge in [-0.1, -0.05) is 54.6 Å². The minimum Gasteiger partial charge on any atom is -0.337 e. The van der Waals surface area contributed by atoms with Gasteiger partial charge in [0.15, 0.2) is 5.78 Å². The molecule has 0 saturated heterocycles. The maximum absolute atomic E-state index is 12.9. The highest BCUT2D eigenvalue weighted by atomic mass is 16.2. The summed E-state index contributed by atoms with van der Waals surface area (Å²) in [4.78, 5) is 27.2. The largest absolute Gasteiger partial charge is 0.337 e. The minimum atomic E-state index is -0.0835. The molecule has 1 aliphatic carbocycles. The highest BCUT2D eigenvalue weighted by Crippen LogP contribution is 2.36. The molecule has 0 heterocycles. The summed E-state index contributed by atoms with van der Waals surface area (Å²) < 4.78 is 0. The Bertz CT molecular complexity index is 1040. The van der Waals surface area contributed by atoms with Crippen LogP contribution in [0.25, 0.3) is 11.1 Å². The van der Waals surface area contributed by atoms with Crippen LogP contribution in [0.5, 0.6) is 0 Å². The van der Waals surface area contributed by atoms with E-state index in [2.05, 4.69) is 0 Å². The summed E-state index contributed by atoms with van der Waals surface area (Å²) in [6.45, 7) is 2.58. The summed E-state index contributed by atoms with van der Waals surface area (Å²) in [5.74, 6) is -0.0911. The van der Waals surface area contributed by atoms with Gasteiger partial charge in [-0.2, -0.15) is 0 Å². The third kappa shape index (κ3) is 2.62. The van der Waals surface area contributed by atoms with E-state index in [1.54, 1.807) is 18.0 Å². The summed E-state index contributed by atoms with van der Waals surface area (Å²) in [6.07, 6.45) is 0. The molecular weight excluding hydrogens is 322 g/mol. The Labute approximate surface area is 152 Å². The number of aryl methyl sites for hydroxylation is 1. The van der Waals surface area contributed by atoms with Crippen LogP contribution < -0.4 is 0 Å². The quantitative estimate of drug-likeness (QED) is 0.551. The molecule has 1 aliphatic rings. The molecule has 0 radical (unpaired) electrons. The molecule has 0 N–H and O–H groups in total. The van der Waals surface area contributed by atoms with E-state index in [4.69, 9.17) is 0 Å². The van der Waals surface area contributed by atoms with Crippen molar-refractivity contribution in [3.63, 3.8) is 0 Å². The minimum absolute atomic E-state index is 0.00759. The van der Waals surface area contributed by atoms with Crippen LogP contribution in [0.1, 0.15) is 37.4 Å². The first-order chi connectivity index (χ1) is 12.6. The summed E-state index contributed by atoms with van der Waals surface area (Å²) in [5, 5.41) is 0. The molecule has 0 bridgehead atoms. The number of hydrogen-bond donors (Lipinski definition) is 0. The number of amides is 1. The fourth-order valence-electron chi connectivity index (χ4n) is 3.50. The molecule has 1 amide bonds. The first-order valence-corrected chi connectivity index (χ1v) is 8.64. The lowest BCUT2D eigenvalue weighted by Crippen LogP contribution is -2.26. The SMILES string of the molecule is Cc1ccccc1CN(C)C(=O)c1ccc2c(c1)C(=O)c1ccccc1-2. The predicted molar refractivity (Wildman–Crippen MR) is 102 cm³/mol. The van der Waals surface area contributed by atoms with Gasteiger partial charge in [0.2, 0.25) is 0 Å². The lowest BCUT2D eigenvalue weighted by Gasteiger charge is -2.19. The highest BCUT2D eigenvalue weighted by molar-refractivity contribution is 6.22. The summed E-state index contributed by atoms with van der Waals surface area (Å²) in [7, 11) is 1.79. The molecular formula is C23H19NO2. The molecule has 3 aromatic carbocycles. The van der Waals surface area contributed by atoms with E-state index in [0.717, 1.165) is 22.3 Å². The zero-order valence-corrected chi connectivity index (χ0v) is 14.8. The smallest absolute Gasteiger partial charge is 0.253 e. The van der Waals surface area contributed by atoms with Crippen LogP contribution >= 0.6 is 0 Å². The van der Waals surface area contributed by atoms with Gasteiger partial charge in [-0.3, -0.25) is 9.59 Å². The van der Waals surface area contributed by atoms with Crippen LogP contribution in [0.2, 0.25) is 0 Å². The van der Waals surface area contributed by atoms with E-state index in [9.17, 15) is 9.59 Å². The first kappa shape index (κ1) is 16.3. The highest BCUT2D eigenvalue weighted by Gasteiger charge is 2.27. The second-order valence-corrected chi connectivity index (χ2v) is 6.72. The number of fused-ring (bicyclic) bond motifs is 3. The van der Waals surface area contributed by atoms with Crippen LogP contribution in [-0.2, 0) is 6.54 Å². The molecule has 0 aromatic heterocycles. The van der Waals surface area contributed by atoms with Crippen LogP contribution in [0.4, 0.5) is 0 Å². The maximum Gasteiger partial charge on any atom is 0.253 e. The number of benzene rings is 3. The van der Waals surface area contributed by atoms with Gasteiger partial charge in [0.1, 0.15) is 0 Å². The summed E-state index contributed by atoms with van der Waals surface area (Å²) in [6, 6.07) is 21.0. The van der Waals surface area contributed by atoms with Gasteiger partial charge in [-0.25, -0.2) is 0 Å². The van der Waals surface area contributed by atoms with Gasteiger partial charge in [0, 0.05) is 30.3 Å². The molecule has 0 spiro atoms. The fraction of sp³-hybridized carbons (Fsp3) is 0.130. The Morgan fingerprint density at radius 1 is 0.846 bits per heavy atom. The Morgan fingerprint density at radius 2 is 1.50 bits per heavy atom. The number of hydrogen-bond acceptors (Lipinski definition) is 2. The van der Waals surface area contributed by atoms with Crippen LogP contribution in [0.3, 0.4) is 0 Å². The zero-order valence-electron chi connectivity index (χ0n) is 14.8. The number of carbonyl (C=O) groups is 2. The maximum atomic E-state index is 12.9. The summed E-state index contributed by atoms with van der Waals surface area (Å²) >= 11 is 0. The molecule has 3 heteroatoms. The second kappa shape index (κ2) is 6.26. The van der Waals surface area contributed by atoms with Gasteiger partial charge in [-0.15, -0.1) is 0 Å². The van der Waals surface area contributed by atoms with Crippen molar-refractivity contribution < 1.29 is 9.59 Å². The molecule has 128 valence electrons. The van der Waals surface area contributed by atoms with E-state index >= 15 is 0 Å². The van der Waals surface area contributed by atoms with Crippen molar-refractivity contribution in [2.75, 3.05) is 7.05 Å². The Kier molecular flexibility index (Phi) is 3.92. The van der Waals surface area contributed by atoms with Crippen molar-refractivity contribution in [1.82, 2.24) is 4.90 Å². The predicted octanol–water partition coefficient (Wildman–Crippen LogP) is 4.48. The first-order valence-electron chi connectivity index (χ1n) is 8.64. The van der Waals surface area contributed by atoms with Crippen molar-refractivity contribution in [2.45, 2.75) is 13.5 Å². The van der Waals surface area contributed by atoms with Crippen molar-refractivity contribution in [1.29, 1.82) is 0 Å². The van der Waals surface area contributed by atoms with Gasteiger partial charge < -0.3 is 4.90 Å². The van der Waals surface area contributed by atoms with E-state index in [1.807, 2.05) is 67.6 Å². The number of ketones is 1. The van der Waals surface area contributed by atoms with Crippen molar-refractivity contribution in [3.05, 3.63) is 94.5 Å². The number of rotatable bonds is 3. The molecule has 3 aromatic rings. The summed E-state index contributed by atoms with van der Waals surface area (Å²) in [5.41, 5.74) is 5.99. The van der Waals surface area contributed by atoms with Crippen LogP contribution in [0.15, 0.2) is 66.7 Å². The zero-order chi connectivity index (χ0) is 18.3. The van der Waals surface area contributed by atoms with Crippen molar-refractivity contribution in [3.8, 4) is 11.1 Å². The van der Waals surface area contributed by atoms with Gasteiger partial charge >= 0.3 is 0 Å². The third-order valence-corrected chi connectivity index (χ3v) is 4.99. The van der Waals surface area contributed by atoms with Crippen LogP contribution in [-0.4, -0.2) is 23.6 Å². The second-order valence-electron chi connectivity index (χ2n) is 6.72. The normalized spacial score (nSPS) is 11.8. The Balaban J connectivity index is 1.63. The van der Waals surface area contributed by atoms with E-state index in [-0.39, 0.29) is 11.7 Å². The van der Waals surface area contributed by atoms with E-state index < -0.39 is 0 Å². The molecule has 4 rings (SSSR count). The average Bonchev–Trinajstić information content (AvgIpc) is 2.95. The Morgan fingerprint density at radius 3 is 2.27 bits per heavy atom. The number of carbonyl (C=O) groups excluding carboxylic acids is 2. The van der Waals surface area contributed by atoms with Gasteiger partial charge in [-0.05, 0) is 41.3 Å².